The number of rotatable bonds is 9. The molecule has 1 saturated heterocycles. The Morgan fingerprint density at radius 1 is 1.03 bits per heavy atom. The van der Waals surface area contributed by atoms with Crippen LogP contribution in [0.4, 0.5) is 0 Å². The Kier molecular flexibility index (Phi) is 8.50. The van der Waals surface area contributed by atoms with Crippen molar-refractivity contribution in [1.29, 1.82) is 0 Å². The Morgan fingerprint density at radius 3 is 2.53 bits per heavy atom. The highest BCUT2D eigenvalue weighted by Crippen LogP contribution is 2.36. The Hall–Kier alpha value is -3.09. The van der Waals surface area contributed by atoms with Gasteiger partial charge < -0.3 is 14.2 Å². The third-order valence-electron chi connectivity index (χ3n) is 7.27. The van der Waals surface area contributed by atoms with Crippen molar-refractivity contribution in [2.75, 3.05) is 19.8 Å². The number of carbonyl (C=O) groups excluding carboxylic acids is 1. The van der Waals surface area contributed by atoms with Gasteiger partial charge in [-0.15, -0.1) is 0 Å². The van der Waals surface area contributed by atoms with E-state index in [0.29, 0.717) is 18.5 Å². The van der Waals surface area contributed by atoms with Crippen molar-refractivity contribution in [2.24, 2.45) is 0 Å². The molecule has 0 radical (unpaired) electrons. The number of ether oxygens (including phenoxy) is 1. The number of aryl methyl sites for hydroxylation is 2. The molecule has 0 N–H and O–H groups in total. The molecular weight excluding hydrogens is 490 g/mol. The first-order valence-electron chi connectivity index (χ1n) is 13.6. The summed E-state index contributed by atoms with van der Waals surface area (Å²) in [6.45, 7) is 9.07. The smallest absolute Gasteiger partial charge is 0.254 e. The Labute approximate surface area is 230 Å². The summed E-state index contributed by atoms with van der Waals surface area (Å²) in [5.74, 6) is 0.144. The summed E-state index contributed by atoms with van der Waals surface area (Å²) in [7, 11) is 0. The molecule has 5 rings (SSSR count). The van der Waals surface area contributed by atoms with E-state index in [-0.39, 0.29) is 11.9 Å². The topological polar surface area (TPSA) is 47.4 Å². The van der Waals surface area contributed by atoms with Gasteiger partial charge in [-0.05, 0) is 69.9 Å². The van der Waals surface area contributed by atoms with Crippen molar-refractivity contribution in [3.8, 4) is 0 Å². The average Bonchev–Trinajstić information content (AvgIpc) is 3.25. The number of aromatic nitrogens is 2. The molecule has 198 valence electrons. The molecule has 5 nitrogen and oxygen atoms in total. The van der Waals surface area contributed by atoms with Crippen molar-refractivity contribution >= 4 is 28.7 Å². The van der Waals surface area contributed by atoms with Gasteiger partial charge in [0.2, 0.25) is 0 Å². The lowest BCUT2D eigenvalue weighted by Gasteiger charge is -2.39. The molecule has 1 aliphatic heterocycles. The Bertz CT molecular complexity index is 1360. The van der Waals surface area contributed by atoms with Crippen LogP contribution in [0.5, 0.6) is 0 Å². The number of carbonyl (C=O) groups is 1. The molecule has 2 atom stereocenters. The number of hydrogen-bond acceptors (Lipinski definition) is 4. The first-order valence-corrected chi connectivity index (χ1v) is 14.5. The number of thioether (sulfide) groups is 1. The highest BCUT2D eigenvalue weighted by molar-refractivity contribution is 7.99. The van der Waals surface area contributed by atoms with Crippen LogP contribution in [0.2, 0.25) is 0 Å². The van der Waals surface area contributed by atoms with Crippen LogP contribution >= 0.6 is 11.8 Å². The van der Waals surface area contributed by atoms with Crippen LogP contribution < -0.4 is 0 Å². The molecule has 3 aromatic carbocycles. The van der Waals surface area contributed by atoms with E-state index in [1.807, 2.05) is 43.0 Å². The lowest BCUT2D eigenvalue weighted by molar-refractivity contribution is 0.0619. The third kappa shape index (κ3) is 6.13. The van der Waals surface area contributed by atoms with E-state index in [9.17, 15) is 4.79 Å². The summed E-state index contributed by atoms with van der Waals surface area (Å²) in [4.78, 5) is 20.9. The number of hydrogen-bond donors (Lipinski definition) is 0. The van der Waals surface area contributed by atoms with Crippen LogP contribution in [-0.4, -0.2) is 51.4 Å². The Morgan fingerprint density at radius 2 is 1.76 bits per heavy atom. The molecular formula is C32H37N3O2S. The number of likely N-dealkylation sites (tertiary alicyclic amines) is 1. The standard InChI is InChI=1S/C32H37N3O2S/c1-4-37-17-16-35-30-13-9-8-12-29(30)33-32(35)38-28-14-15-34(27(22-28)21-25-10-6-5-7-11-25)31(36)26-19-23(2)18-24(3)20-26/h5-13,18-20,27-28H,4,14-17,21-22H2,1-3H3/t27-,28+/m1/s1. The fourth-order valence-electron chi connectivity index (χ4n) is 5.54. The van der Waals surface area contributed by atoms with E-state index in [0.717, 1.165) is 65.2 Å². The van der Waals surface area contributed by atoms with Crippen LogP contribution in [-0.2, 0) is 17.7 Å². The summed E-state index contributed by atoms with van der Waals surface area (Å²) in [6.07, 6.45) is 2.74. The normalized spacial score (nSPS) is 17.7. The molecule has 0 unspecified atom stereocenters. The van der Waals surface area contributed by atoms with Crippen molar-refractivity contribution in [3.63, 3.8) is 0 Å². The molecule has 4 aromatic rings. The second-order valence-corrected chi connectivity index (χ2v) is 11.5. The first kappa shape index (κ1) is 26.5. The summed E-state index contributed by atoms with van der Waals surface area (Å²) < 4.78 is 7.98. The molecule has 38 heavy (non-hydrogen) atoms. The van der Waals surface area contributed by atoms with Gasteiger partial charge in [-0.3, -0.25) is 4.79 Å². The van der Waals surface area contributed by atoms with Gasteiger partial charge in [-0.25, -0.2) is 4.98 Å². The number of benzene rings is 3. The third-order valence-corrected chi connectivity index (χ3v) is 8.55. The molecule has 0 bridgehead atoms. The van der Waals surface area contributed by atoms with Crippen LogP contribution in [0.1, 0.15) is 46.8 Å². The minimum Gasteiger partial charge on any atom is -0.380 e. The van der Waals surface area contributed by atoms with Crippen LogP contribution in [0.15, 0.2) is 78.0 Å². The number of fused-ring (bicyclic) bond motifs is 1. The van der Waals surface area contributed by atoms with Crippen LogP contribution in [0.25, 0.3) is 11.0 Å². The number of nitrogens with zero attached hydrogens (tertiary/aromatic N) is 3. The van der Waals surface area contributed by atoms with Crippen molar-refractivity contribution in [2.45, 2.75) is 63.0 Å². The zero-order valence-electron chi connectivity index (χ0n) is 22.6. The van der Waals surface area contributed by atoms with E-state index in [4.69, 9.17) is 9.72 Å². The van der Waals surface area contributed by atoms with Gasteiger partial charge in [0.1, 0.15) is 0 Å². The summed E-state index contributed by atoms with van der Waals surface area (Å²) in [6, 6.07) is 25.2. The highest BCUT2D eigenvalue weighted by Gasteiger charge is 2.33. The van der Waals surface area contributed by atoms with Gasteiger partial charge in [0, 0.05) is 36.6 Å². The van der Waals surface area contributed by atoms with E-state index < -0.39 is 0 Å². The molecule has 6 heteroatoms. The number of para-hydroxylation sites is 2. The summed E-state index contributed by atoms with van der Waals surface area (Å²) >= 11 is 1.86. The van der Waals surface area contributed by atoms with E-state index >= 15 is 0 Å². The van der Waals surface area contributed by atoms with Crippen molar-refractivity contribution in [1.82, 2.24) is 14.5 Å². The zero-order valence-corrected chi connectivity index (χ0v) is 23.4. The fraction of sp³-hybridized carbons (Fsp3) is 0.375. The van der Waals surface area contributed by atoms with Gasteiger partial charge in [-0.2, -0.15) is 0 Å². The second kappa shape index (κ2) is 12.2. The number of amides is 1. The molecule has 0 spiro atoms. The van der Waals surface area contributed by atoms with Gasteiger partial charge >= 0.3 is 0 Å². The number of piperidine rings is 1. The number of imidazole rings is 1. The monoisotopic (exact) mass is 527 g/mol. The SMILES string of the molecule is CCOCCn1c(S[C@H]2CCN(C(=O)c3cc(C)cc(C)c3)[C@H](Cc3ccccc3)C2)nc2ccccc21. The molecule has 2 heterocycles. The van der Waals surface area contributed by atoms with E-state index in [2.05, 4.69) is 71.8 Å². The highest BCUT2D eigenvalue weighted by atomic mass is 32.2. The van der Waals surface area contributed by atoms with Gasteiger partial charge in [0.25, 0.3) is 5.91 Å². The Balaban J connectivity index is 1.39. The predicted molar refractivity (Wildman–Crippen MR) is 156 cm³/mol. The van der Waals surface area contributed by atoms with Gasteiger partial charge in [0.15, 0.2) is 5.16 Å². The lowest BCUT2D eigenvalue weighted by atomic mass is 9.94. The predicted octanol–water partition coefficient (Wildman–Crippen LogP) is 6.70. The van der Waals surface area contributed by atoms with E-state index in [1.165, 1.54) is 5.56 Å². The zero-order chi connectivity index (χ0) is 26.5. The quantitative estimate of drug-likeness (QED) is 0.227. The summed E-state index contributed by atoms with van der Waals surface area (Å²) in [5.41, 5.74) is 6.50. The van der Waals surface area contributed by atoms with Gasteiger partial charge in [-0.1, -0.05) is 71.4 Å². The second-order valence-electron chi connectivity index (χ2n) is 10.2. The van der Waals surface area contributed by atoms with Crippen molar-refractivity contribution in [3.05, 3.63) is 95.1 Å². The maximum atomic E-state index is 13.8. The molecule has 0 aliphatic carbocycles. The fourth-order valence-corrected chi connectivity index (χ4v) is 6.85. The first-order chi connectivity index (χ1) is 18.5. The minimum absolute atomic E-state index is 0.137. The summed E-state index contributed by atoms with van der Waals surface area (Å²) in [5, 5.41) is 1.43. The minimum atomic E-state index is 0.137. The van der Waals surface area contributed by atoms with Crippen LogP contribution in [0.3, 0.4) is 0 Å². The lowest BCUT2D eigenvalue weighted by Crippen LogP contribution is -2.48. The van der Waals surface area contributed by atoms with Gasteiger partial charge in [0.05, 0.1) is 17.6 Å². The van der Waals surface area contributed by atoms with Crippen LogP contribution in [0, 0.1) is 13.8 Å². The maximum Gasteiger partial charge on any atom is 0.254 e. The maximum absolute atomic E-state index is 13.8. The molecule has 1 aliphatic rings. The molecule has 1 aromatic heterocycles. The average molecular weight is 528 g/mol. The molecule has 0 saturated carbocycles. The molecule has 1 amide bonds. The molecule has 1 fully saturated rings. The largest absolute Gasteiger partial charge is 0.380 e. The van der Waals surface area contributed by atoms with Crippen molar-refractivity contribution < 1.29 is 9.53 Å². The van der Waals surface area contributed by atoms with E-state index in [1.54, 1.807) is 0 Å².